The summed E-state index contributed by atoms with van der Waals surface area (Å²) in [5, 5.41) is 6.09. The minimum Gasteiger partial charge on any atom is -0.335 e. The van der Waals surface area contributed by atoms with E-state index in [4.69, 9.17) is 0 Å². The van der Waals surface area contributed by atoms with Crippen LogP contribution in [0.25, 0.3) is 0 Å². The number of benzene rings is 1. The highest BCUT2D eigenvalue weighted by molar-refractivity contribution is 5.90. The molecule has 4 nitrogen and oxygen atoms in total. The molecule has 1 aromatic carbocycles. The third-order valence-corrected chi connectivity index (χ3v) is 4.63. The van der Waals surface area contributed by atoms with Crippen molar-refractivity contribution in [2.24, 2.45) is 0 Å². The van der Waals surface area contributed by atoms with Gasteiger partial charge in [0.2, 0.25) is 0 Å². The quantitative estimate of drug-likeness (QED) is 0.782. The average Bonchev–Trinajstić information content (AvgIpc) is 2.44. The monoisotopic (exact) mass is 290 g/mol. The van der Waals surface area contributed by atoms with Gasteiger partial charge >= 0.3 is 6.03 Å². The number of likely N-dealkylation sites (tertiary alicyclic amines) is 1. The maximum absolute atomic E-state index is 12.1. The van der Waals surface area contributed by atoms with Crippen molar-refractivity contribution in [1.29, 1.82) is 0 Å². The zero-order valence-corrected chi connectivity index (χ0v) is 13.6. The molecule has 21 heavy (non-hydrogen) atoms. The maximum atomic E-state index is 12.1. The number of aryl methyl sites for hydroxylation is 1. The Morgan fingerprint density at radius 1 is 1.24 bits per heavy atom. The number of anilines is 1. The molecule has 116 valence electrons. The van der Waals surface area contributed by atoms with E-state index >= 15 is 0 Å². The fourth-order valence-electron chi connectivity index (χ4n) is 2.94. The van der Waals surface area contributed by atoms with Gasteiger partial charge in [-0.25, -0.2) is 4.79 Å². The summed E-state index contributed by atoms with van der Waals surface area (Å²) in [6.07, 6.45) is 2.13. The molecule has 1 heterocycles. The van der Waals surface area contributed by atoms with E-state index in [0.29, 0.717) is 12.1 Å². The third kappa shape index (κ3) is 4.21. The number of rotatable bonds is 3. The van der Waals surface area contributed by atoms with Gasteiger partial charge in [-0.05, 0) is 44.9 Å². The minimum atomic E-state index is -0.0818. The molecule has 3 N–H and O–H groups in total. The molecular formula is C17H28N3O+. The smallest absolute Gasteiger partial charge is 0.319 e. The molecule has 1 fully saturated rings. The highest BCUT2D eigenvalue weighted by atomic mass is 16.2. The Morgan fingerprint density at radius 3 is 2.52 bits per heavy atom. The molecule has 1 aliphatic heterocycles. The van der Waals surface area contributed by atoms with Crippen molar-refractivity contribution < 1.29 is 9.69 Å². The lowest BCUT2D eigenvalue weighted by Gasteiger charge is -2.32. The molecule has 4 heteroatoms. The molecule has 2 amide bonds. The van der Waals surface area contributed by atoms with Gasteiger partial charge in [-0.2, -0.15) is 0 Å². The van der Waals surface area contributed by atoms with E-state index in [2.05, 4.69) is 37.5 Å². The van der Waals surface area contributed by atoms with Crippen LogP contribution in [-0.2, 0) is 0 Å². The van der Waals surface area contributed by atoms with Crippen molar-refractivity contribution in [1.82, 2.24) is 5.32 Å². The summed E-state index contributed by atoms with van der Waals surface area (Å²) >= 11 is 0. The molecule has 0 atom stereocenters. The maximum Gasteiger partial charge on any atom is 0.319 e. The van der Waals surface area contributed by atoms with Crippen molar-refractivity contribution in [3.05, 3.63) is 29.3 Å². The largest absolute Gasteiger partial charge is 0.335 e. The molecule has 0 unspecified atom stereocenters. The Labute approximate surface area is 127 Å². The van der Waals surface area contributed by atoms with Crippen LogP contribution in [0, 0.1) is 13.8 Å². The number of carbonyl (C=O) groups is 1. The van der Waals surface area contributed by atoms with Crippen LogP contribution in [-0.4, -0.2) is 31.2 Å². The number of hydrogen-bond acceptors (Lipinski definition) is 1. The molecule has 0 radical (unpaired) electrons. The van der Waals surface area contributed by atoms with E-state index in [9.17, 15) is 4.79 Å². The van der Waals surface area contributed by atoms with E-state index < -0.39 is 0 Å². The molecule has 0 bridgehead atoms. The van der Waals surface area contributed by atoms with Crippen LogP contribution in [0.15, 0.2) is 18.2 Å². The van der Waals surface area contributed by atoms with Crippen molar-refractivity contribution in [3.8, 4) is 0 Å². The number of amides is 2. The number of hydrogen-bond donors (Lipinski definition) is 3. The molecule has 0 saturated carbocycles. The second-order valence-electron chi connectivity index (χ2n) is 6.43. The standard InChI is InChI=1S/C17H27N3O/c1-12(2)20-10-8-15(9-11-20)18-17(21)19-16-7-5-6-13(3)14(16)4/h5-7,12,15H,8-11H2,1-4H3,(H2,18,19,21)/p+1. The SMILES string of the molecule is Cc1cccc(NC(=O)NC2CC[NH+](C(C)C)CC2)c1C. The van der Waals surface area contributed by atoms with Crippen molar-refractivity contribution in [2.75, 3.05) is 18.4 Å². The minimum absolute atomic E-state index is 0.0818. The van der Waals surface area contributed by atoms with Gasteiger partial charge in [0.25, 0.3) is 0 Å². The predicted octanol–water partition coefficient (Wildman–Crippen LogP) is 1.88. The fourth-order valence-corrected chi connectivity index (χ4v) is 2.94. The van der Waals surface area contributed by atoms with Gasteiger partial charge < -0.3 is 15.5 Å². The zero-order chi connectivity index (χ0) is 15.4. The Hall–Kier alpha value is -1.55. The third-order valence-electron chi connectivity index (χ3n) is 4.63. The highest BCUT2D eigenvalue weighted by Crippen LogP contribution is 2.17. The number of piperidine rings is 1. The van der Waals surface area contributed by atoms with Crippen LogP contribution in [0.4, 0.5) is 10.5 Å². The Morgan fingerprint density at radius 2 is 1.90 bits per heavy atom. The summed E-state index contributed by atoms with van der Waals surface area (Å²) in [5.41, 5.74) is 3.23. The van der Waals surface area contributed by atoms with Gasteiger partial charge in [0.05, 0.1) is 19.1 Å². The Balaban J connectivity index is 1.84. The molecule has 0 aliphatic carbocycles. The lowest BCUT2D eigenvalue weighted by molar-refractivity contribution is -0.926. The van der Waals surface area contributed by atoms with Gasteiger partial charge in [-0.3, -0.25) is 0 Å². The average molecular weight is 290 g/mol. The predicted molar refractivity (Wildman–Crippen MR) is 86.9 cm³/mol. The van der Waals surface area contributed by atoms with Crippen molar-refractivity contribution in [3.63, 3.8) is 0 Å². The first-order valence-corrected chi connectivity index (χ1v) is 7.95. The summed E-state index contributed by atoms with van der Waals surface area (Å²) in [4.78, 5) is 13.8. The van der Waals surface area contributed by atoms with E-state index in [1.54, 1.807) is 4.90 Å². The van der Waals surface area contributed by atoms with E-state index in [0.717, 1.165) is 37.2 Å². The fraction of sp³-hybridized carbons (Fsp3) is 0.588. The van der Waals surface area contributed by atoms with Gasteiger partial charge in [0.15, 0.2) is 0 Å². The van der Waals surface area contributed by atoms with Crippen LogP contribution >= 0.6 is 0 Å². The molecule has 0 aromatic heterocycles. The topological polar surface area (TPSA) is 45.6 Å². The summed E-state index contributed by atoms with van der Waals surface area (Å²) < 4.78 is 0. The molecule has 1 aromatic rings. The van der Waals surface area contributed by atoms with Crippen LogP contribution < -0.4 is 15.5 Å². The molecule has 1 aliphatic rings. The summed E-state index contributed by atoms with van der Waals surface area (Å²) in [6.45, 7) is 10.9. The van der Waals surface area contributed by atoms with Crippen LogP contribution in [0.1, 0.15) is 37.8 Å². The first kappa shape index (κ1) is 15.8. The summed E-state index contributed by atoms with van der Waals surface area (Å²) in [5.74, 6) is 0. The van der Waals surface area contributed by atoms with Crippen molar-refractivity contribution >= 4 is 11.7 Å². The van der Waals surface area contributed by atoms with Crippen LogP contribution in [0.2, 0.25) is 0 Å². The van der Waals surface area contributed by atoms with Crippen molar-refractivity contribution in [2.45, 2.75) is 52.6 Å². The second kappa shape index (κ2) is 6.94. The second-order valence-corrected chi connectivity index (χ2v) is 6.43. The number of nitrogens with one attached hydrogen (secondary N) is 3. The molecule has 2 rings (SSSR count). The number of urea groups is 1. The summed E-state index contributed by atoms with van der Waals surface area (Å²) in [6, 6.07) is 6.88. The lowest BCUT2D eigenvalue weighted by Crippen LogP contribution is -3.16. The Kier molecular flexibility index (Phi) is 5.23. The van der Waals surface area contributed by atoms with Crippen LogP contribution in [0.3, 0.4) is 0 Å². The molecule has 0 spiro atoms. The van der Waals surface area contributed by atoms with E-state index in [1.165, 1.54) is 5.56 Å². The summed E-state index contributed by atoms with van der Waals surface area (Å²) in [7, 11) is 0. The van der Waals surface area contributed by atoms with E-state index in [1.807, 2.05) is 19.1 Å². The van der Waals surface area contributed by atoms with Gasteiger partial charge in [0, 0.05) is 24.6 Å². The van der Waals surface area contributed by atoms with Crippen LogP contribution in [0.5, 0.6) is 0 Å². The van der Waals surface area contributed by atoms with Gasteiger partial charge in [0.1, 0.15) is 0 Å². The van der Waals surface area contributed by atoms with E-state index in [-0.39, 0.29) is 6.03 Å². The number of quaternary nitrogens is 1. The first-order valence-electron chi connectivity index (χ1n) is 7.95. The highest BCUT2D eigenvalue weighted by Gasteiger charge is 2.24. The first-order chi connectivity index (χ1) is 9.97. The Bertz CT molecular complexity index is 491. The normalized spacial score (nSPS) is 22.1. The molecular weight excluding hydrogens is 262 g/mol. The van der Waals surface area contributed by atoms with Gasteiger partial charge in [-0.15, -0.1) is 0 Å². The molecule has 1 saturated heterocycles. The lowest BCUT2D eigenvalue weighted by atomic mass is 10.0. The van der Waals surface area contributed by atoms with Gasteiger partial charge in [-0.1, -0.05) is 12.1 Å². The number of carbonyl (C=O) groups excluding carboxylic acids is 1. The zero-order valence-electron chi connectivity index (χ0n) is 13.6.